The van der Waals surface area contributed by atoms with Gasteiger partial charge in [0.1, 0.15) is 0 Å². The molecule has 1 aromatic rings. The van der Waals surface area contributed by atoms with Crippen LogP contribution < -0.4 is 5.43 Å². The molecule has 5 rings (SSSR count). The number of benzene rings is 1. The van der Waals surface area contributed by atoms with Crippen molar-refractivity contribution in [2.45, 2.75) is 69.9 Å². The minimum Gasteiger partial charge on any atom is -0.342 e. The Balaban J connectivity index is 1.22. The van der Waals surface area contributed by atoms with E-state index in [1.807, 2.05) is 6.07 Å². The monoisotopic (exact) mass is 502 g/mol. The highest BCUT2D eigenvalue weighted by Crippen LogP contribution is 2.41. The summed E-state index contributed by atoms with van der Waals surface area (Å²) in [6, 6.07) is 9.20. The Morgan fingerprint density at radius 2 is 1.51 bits per heavy atom. The lowest BCUT2D eigenvalue weighted by atomic mass is 9.74. The fraction of sp³-hybridized carbons (Fsp3) is 0.741. The van der Waals surface area contributed by atoms with E-state index in [0.29, 0.717) is 47.6 Å². The molecule has 35 heavy (non-hydrogen) atoms. The first-order valence-corrected chi connectivity index (χ1v) is 15.0. The van der Waals surface area contributed by atoms with Gasteiger partial charge in [0.15, 0.2) is 0 Å². The number of likely N-dealkylation sites (tertiary alicyclic amines) is 1. The standard InChI is InChI=1S/C27H42N4O3S/c1-19-15-20(2)18-29(17-19)27(32)26-21(3)28-31-14-11-23(16-25(26)31)22-9-12-30(13-10-22)35(33,34)24-7-5-4-6-8-24/h4-8,19-23,25-26,28H,9-18H2,1-3H3. The van der Waals surface area contributed by atoms with Crippen LogP contribution in [-0.2, 0) is 14.8 Å². The molecule has 0 saturated carbocycles. The summed E-state index contributed by atoms with van der Waals surface area (Å²) in [5, 5.41) is 2.34. The second-order valence-electron chi connectivity index (χ2n) is 11.7. The van der Waals surface area contributed by atoms with Gasteiger partial charge in [-0.25, -0.2) is 13.4 Å². The molecule has 1 N–H and O–H groups in total. The number of amides is 1. The highest BCUT2D eigenvalue weighted by atomic mass is 32.2. The summed E-state index contributed by atoms with van der Waals surface area (Å²) in [7, 11) is -3.41. The van der Waals surface area contributed by atoms with Gasteiger partial charge in [0.05, 0.1) is 10.8 Å². The molecular formula is C27H42N4O3S. The Kier molecular flexibility index (Phi) is 7.28. The molecule has 4 fully saturated rings. The summed E-state index contributed by atoms with van der Waals surface area (Å²) in [5.74, 6) is 2.56. The van der Waals surface area contributed by atoms with E-state index in [1.165, 1.54) is 6.42 Å². The van der Waals surface area contributed by atoms with Gasteiger partial charge in [-0.3, -0.25) is 10.2 Å². The first kappa shape index (κ1) is 25.2. The molecule has 4 aliphatic rings. The summed E-state index contributed by atoms with van der Waals surface area (Å²) >= 11 is 0. The van der Waals surface area contributed by atoms with E-state index in [-0.39, 0.29) is 18.0 Å². The Hall–Kier alpha value is -1.48. The first-order chi connectivity index (χ1) is 16.7. The predicted molar refractivity (Wildman–Crippen MR) is 137 cm³/mol. The number of hydrogen-bond acceptors (Lipinski definition) is 5. The van der Waals surface area contributed by atoms with Gasteiger partial charge >= 0.3 is 0 Å². The smallest absolute Gasteiger partial charge is 0.243 e. The molecule has 0 spiro atoms. The van der Waals surface area contributed by atoms with Gasteiger partial charge < -0.3 is 4.90 Å². The van der Waals surface area contributed by atoms with E-state index in [9.17, 15) is 13.2 Å². The third-order valence-corrected chi connectivity index (χ3v) is 10.9. The van der Waals surface area contributed by atoms with E-state index >= 15 is 0 Å². The van der Waals surface area contributed by atoms with Crippen LogP contribution in [0.2, 0.25) is 0 Å². The predicted octanol–water partition coefficient (Wildman–Crippen LogP) is 3.20. The number of nitrogens with one attached hydrogen (secondary N) is 1. The van der Waals surface area contributed by atoms with Gasteiger partial charge in [-0.2, -0.15) is 4.31 Å². The third kappa shape index (κ3) is 5.04. The number of sulfonamides is 1. The van der Waals surface area contributed by atoms with Crippen molar-refractivity contribution in [3.05, 3.63) is 30.3 Å². The van der Waals surface area contributed by atoms with Crippen LogP contribution in [0.3, 0.4) is 0 Å². The maximum absolute atomic E-state index is 13.7. The van der Waals surface area contributed by atoms with Crippen molar-refractivity contribution in [2.75, 3.05) is 32.7 Å². The van der Waals surface area contributed by atoms with Gasteiger partial charge in [-0.15, -0.1) is 0 Å². The van der Waals surface area contributed by atoms with Crippen LogP contribution >= 0.6 is 0 Å². The van der Waals surface area contributed by atoms with Crippen LogP contribution in [0.15, 0.2) is 35.2 Å². The zero-order valence-electron chi connectivity index (χ0n) is 21.5. The van der Waals surface area contributed by atoms with Crippen LogP contribution in [0.25, 0.3) is 0 Å². The van der Waals surface area contributed by atoms with Crippen molar-refractivity contribution in [1.29, 1.82) is 0 Å². The SMILES string of the molecule is CC1CC(C)CN(C(=O)C2C(C)NN3CCC(C4CCN(S(=O)(=O)c5ccccc5)CC4)CC23)C1. The lowest BCUT2D eigenvalue weighted by molar-refractivity contribution is -0.140. The van der Waals surface area contributed by atoms with Crippen LogP contribution in [0.5, 0.6) is 0 Å². The molecule has 6 unspecified atom stereocenters. The van der Waals surface area contributed by atoms with Crippen molar-refractivity contribution < 1.29 is 13.2 Å². The molecule has 1 amide bonds. The van der Waals surface area contributed by atoms with Crippen LogP contribution in [0, 0.1) is 29.6 Å². The zero-order valence-corrected chi connectivity index (χ0v) is 22.3. The van der Waals surface area contributed by atoms with Crippen molar-refractivity contribution in [3.63, 3.8) is 0 Å². The van der Waals surface area contributed by atoms with E-state index in [1.54, 1.807) is 28.6 Å². The maximum Gasteiger partial charge on any atom is 0.243 e. The molecule has 1 aromatic carbocycles. The molecule has 6 atom stereocenters. The van der Waals surface area contributed by atoms with Crippen molar-refractivity contribution in [3.8, 4) is 0 Å². The average Bonchev–Trinajstić information content (AvgIpc) is 3.18. The van der Waals surface area contributed by atoms with E-state index < -0.39 is 10.0 Å². The summed E-state index contributed by atoms with van der Waals surface area (Å²) in [5.41, 5.74) is 3.62. The molecule has 4 saturated heterocycles. The molecule has 0 radical (unpaired) electrons. The molecule has 0 aromatic heterocycles. The van der Waals surface area contributed by atoms with Crippen LogP contribution in [0.1, 0.15) is 52.9 Å². The highest BCUT2D eigenvalue weighted by molar-refractivity contribution is 7.89. The van der Waals surface area contributed by atoms with Gasteiger partial charge in [-0.05, 0) is 74.8 Å². The Morgan fingerprint density at radius 3 is 2.17 bits per heavy atom. The first-order valence-electron chi connectivity index (χ1n) is 13.6. The lowest BCUT2D eigenvalue weighted by Crippen LogP contribution is -2.51. The average molecular weight is 503 g/mol. The van der Waals surface area contributed by atoms with Crippen LogP contribution in [0.4, 0.5) is 0 Å². The number of fused-ring (bicyclic) bond motifs is 1. The molecule has 8 heteroatoms. The molecule has 194 valence electrons. The summed E-state index contributed by atoms with van der Waals surface area (Å²) in [6.07, 6.45) is 5.17. The fourth-order valence-electron chi connectivity index (χ4n) is 7.39. The number of piperidine rings is 3. The lowest BCUT2D eigenvalue weighted by Gasteiger charge is -2.43. The molecular weight excluding hydrogens is 460 g/mol. The Bertz CT molecular complexity index is 985. The third-order valence-electron chi connectivity index (χ3n) is 9.02. The summed E-state index contributed by atoms with van der Waals surface area (Å²) < 4.78 is 27.7. The number of hydrogen-bond donors (Lipinski definition) is 1. The number of carbonyl (C=O) groups excluding carboxylic acids is 1. The van der Waals surface area contributed by atoms with Gasteiger partial charge in [0.2, 0.25) is 15.9 Å². The van der Waals surface area contributed by atoms with Gasteiger partial charge in [0, 0.05) is 44.8 Å². The Morgan fingerprint density at radius 1 is 0.886 bits per heavy atom. The number of carbonyl (C=O) groups is 1. The minimum absolute atomic E-state index is 0.00819. The van der Waals surface area contributed by atoms with Gasteiger partial charge in [0.25, 0.3) is 0 Å². The zero-order chi connectivity index (χ0) is 24.7. The maximum atomic E-state index is 13.7. The Labute approximate surface area is 211 Å². The van der Waals surface area contributed by atoms with E-state index in [0.717, 1.165) is 45.3 Å². The molecule has 4 heterocycles. The molecule has 7 nitrogen and oxygen atoms in total. The molecule has 0 bridgehead atoms. The van der Waals surface area contributed by atoms with Gasteiger partial charge in [-0.1, -0.05) is 32.0 Å². The van der Waals surface area contributed by atoms with Crippen LogP contribution in [-0.4, -0.2) is 73.3 Å². The van der Waals surface area contributed by atoms with E-state index in [2.05, 4.69) is 36.1 Å². The van der Waals surface area contributed by atoms with Crippen molar-refractivity contribution in [1.82, 2.24) is 19.6 Å². The molecule has 4 aliphatic heterocycles. The minimum atomic E-state index is -3.41. The molecule has 0 aliphatic carbocycles. The number of hydrazine groups is 1. The normalized spacial score (nSPS) is 35.7. The van der Waals surface area contributed by atoms with E-state index in [4.69, 9.17) is 0 Å². The highest BCUT2D eigenvalue weighted by Gasteiger charge is 2.49. The largest absolute Gasteiger partial charge is 0.342 e. The quantitative estimate of drug-likeness (QED) is 0.685. The second kappa shape index (κ2) is 10.1. The van der Waals surface area contributed by atoms with Crippen molar-refractivity contribution >= 4 is 15.9 Å². The number of nitrogens with zero attached hydrogens (tertiary/aromatic N) is 3. The summed E-state index contributed by atoms with van der Waals surface area (Å²) in [6.45, 7) is 10.6. The second-order valence-corrected chi connectivity index (χ2v) is 13.7. The van der Waals surface area contributed by atoms with Crippen molar-refractivity contribution in [2.24, 2.45) is 29.6 Å². The number of rotatable bonds is 4. The fourth-order valence-corrected chi connectivity index (χ4v) is 8.88. The topological polar surface area (TPSA) is 73.0 Å². The summed E-state index contributed by atoms with van der Waals surface area (Å²) in [4.78, 5) is 16.2.